The third-order valence-electron chi connectivity index (χ3n) is 6.18. The highest BCUT2D eigenvalue weighted by molar-refractivity contribution is 6.21. The Balaban J connectivity index is 1.18. The number of nitrogens with one attached hydrogen (secondary N) is 1. The number of nitrogens with zero attached hydrogens (tertiary/aromatic N) is 3. The van der Waals surface area contributed by atoms with Crippen LogP contribution in [0.3, 0.4) is 0 Å². The number of rotatable bonds is 4. The molecule has 0 spiro atoms. The SMILES string of the molecule is O=C(CCN1C(=O)c2ccccc2C1=O)N1CCC(c2c[nH]c3cccnc23)CC1. The van der Waals surface area contributed by atoms with E-state index in [-0.39, 0.29) is 30.7 Å². The van der Waals surface area contributed by atoms with E-state index in [1.807, 2.05) is 23.2 Å². The zero-order valence-corrected chi connectivity index (χ0v) is 16.5. The Bertz CT molecular complexity index is 1110. The Morgan fingerprint density at radius 3 is 2.43 bits per heavy atom. The molecule has 0 saturated carbocycles. The van der Waals surface area contributed by atoms with Gasteiger partial charge in [0.2, 0.25) is 5.91 Å². The molecule has 7 heteroatoms. The van der Waals surface area contributed by atoms with Crippen molar-refractivity contribution in [2.45, 2.75) is 25.2 Å². The van der Waals surface area contributed by atoms with Crippen LogP contribution in [0.25, 0.3) is 11.0 Å². The molecule has 1 aromatic carbocycles. The van der Waals surface area contributed by atoms with E-state index in [4.69, 9.17) is 0 Å². The van der Waals surface area contributed by atoms with Gasteiger partial charge in [-0.15, -0.1) is 0 Å². The fourth-order valence-electron chi connectivity index (χ4n) is 4.53. The van der Waals surface area contributed by atoms with Crippen LogP contribution < -0.4 is 0 Å². The summed E-state index contributed by atoms with van der Waals surface area (Å²) in [4.78, 5) is 48.4. The second-order valence-corrected chi connectivity index (χ2v) is 7.86. The highest BCUT2D eigenvalue weighted by Crippen LogP contribution is 2.32. The maximum absolute atomic E-state index is 12.7. The van der Waals surface area contributed by atoms with Crippen molar-refractivity contribution in [3.63, 3.8) is 0 Å². The Hall–Kier alpha value is -3.48. The maximum Gasteiger partial charge on any atom is 0.261 e. The fraction of sp³-hybridized carbons (Fsp3) is 0.304. The predicted octanol–water partition coefficient (Wildman–Crippen LogP) is 2.96. The van der Waals surface area contributed by atoms with Gasteiger partial charge in [-0.05, 0) is 48.6 Å². The number of benzene rings is 1. The van der Waals surface area contributed by atoms with E-state index < -0.39 is 0 Å². The summed E-state index contributed by atoms with van der Waals surface area (Å²) < 4.78 is 0. The summed E-state index contributed by atoms with van der Waals surface area (Å²) in [6.07, 6.45) is 5.75. The van der Waals surface area contributed by atoms with Gasteiger partial charge in [-0.2, -0.15) is 0 Å². The molecule has 7 nitrogen and oxygen atoms in total. The van der Waals surface area contributed by atoms with Crippen LogP contribution in [0.1, 0.15) is 51.5 Å². The summed E-state index contributed by atoms with van der Waals surface area (Å²) in [5, 5.41) is 0. The Morgan fingerprint density at radius 2 is 1.73 bits per heavy atom. The van der Waals surface area contributed by atoms with Gasteiger partial charge in [0, 0.05) is 38.4 Å². The molecule has 2 aromatic heterocycles. The first kappa shape index (κ1) is 18.5. The minimum atomic E-state index is -0.311. The highest BCUT2D eigenvalue weighted by atomic mass is 16.2. The number of hydrogen-bond donors (Lipinski definition) is 1. The lowest BCUT2D eigenvalue weighted by atomic mass is 9.90. The van der Waals surface area contributed by atoms with Crippen LogP contribution in [-0.4, -0.2) is 57.1 Å². The minimum Gasteiger partial charge on any atom is -0.360 e. The number of fused-ring (bicyclic) bond motifs is 2. The Morgan fingerprint density at radius 1 is 1.03 bits per heavy atom. The molecular formula is C23H22N4O3. The zero-order valence-electron chi connectivity index (χ0n) is 16.5. The third kappa shape index (κ3) is 3.07. The van der Waals surface area contributed by atoms with Crippen LogP contribution in [0.5, 0.6) is 0 Å². The molecule has 5 rings (SSSR count). The van der Waals surface area contributed by atoms with E-state index in [0.29, 0.717) is 30.1 Å². The van der Waals surface area contributed by atoms with Gasteiger partial charge in [-0.25, -0.2) is 0 Å². The van der Waals surface area contributed by atoms with Gasteiger partial charge < -0.3 is 9.88 Å². The lowest BCUT2D eigenvalue weighted by Gasteiger charge is -2.32. The summed E-state index contributed by atoms with van der Waals surface area (Å²) in [5.41, 5.74) is 4.09. The summed E-state index contributed by atoms with van der Waals surface area (Å²) in [5.74, 6) is -0.265. The summed E-state index contributed by atoms with van der Waals surface area (Å²) in [6.45, 7) is 1.47. The van der Waals surface area contributed by atoms with Crippen molar-refractivity contribution in [2.24, 2.45) is 0 Å². The van der Waals surface area contributed by atoms with Crippen molar-refractivity contribution in [3.05, 3.63) is 65.5 Å². The zero-order chi connectivity index (χ0) is 20.7. The average molecular weight is 402 g/mol. The second kappa shape index (κ2) is 7.40. The van der Waals surface area contributed by atoms with Gasteiger partial charge in [0.25, 0.3) is 11.8 Å². The van der Waals surface area contributed by atoms with Crippen LogP contribution in [0.4, 0.5) is 0 Å². The minimum absolute atomic E-state index is 0.0120. The monoisotopic (exact) mass is 402 g/mol. The molecule has 152 valence electrons. The number of H-pyrrole nitrogens is 1. The molecule has 0 atom stereocenters. The van der Waals surface area contributed by atoms with Gasteiger partial charge >= 0.3 is 0 Å². The Kier molecular flexibility index (Phi) is 4.58. The van der Waals surface area contributed by atoms with Gasteiger partial charge in [0.05, 0.1) is 22.2 Å². The van der Waals surface area contributed by atoms with Crippen molar-refractivity contribution in [1.29, 1.82) is 0 Å². The van der Waals surface area contributed by atoms with E-state index in [2.05, 4.69) is 9.97 Å². The molecule has 3 aromatic rings. The standard InChI is InChI=1S/C23H22N4O3/c28-20(9-13-27-22(29)16-4-1-2-5-17(16)23(27)30)26-11-7-15(8-12-26)18-14-25-19-6-3-10-24-21(18)19/h1-6,10,14-15,25H,7-9,11-13H2. The number of pyridine rings is 1. The number of aromatic nitrogens is 2. The summed E-state index contributed by atoms with van der Waals surface area (Å²) >= 11 is 0. The molecule has 2 aliphatic heterocycles. The maximum atomic E-state index is 12.7. The molecule has 1 N–H and O–H groups in total. The van der Waals surface area contributed by atoms with E-state index >= 15 is 0 Å². The van der Waals surface area contributed by atoms with Crippen molar-refractivity contribution in [2.75, 3.05) is 19.6 Å². The van der Waals surface area contributed by atoms with E-state index in [0.717, 1.165) is 23.9 Å². The van der Waals surface area contributed by atoms with Crippen molar-refractivity contribution < 1.29 is 14.4 Å². The number of carbonyl (C=O) groups is 3. The quantitative estimate of drug-likeness (QED) is 0.680. The molecular weight excluding hydrogens is 380 g/mol. The summed E-state index contributed by atoms with van der Waals surface area (Å²) in [6, 6.07) is 10.7. The normalized spacial score (nSPS) is 17.1. The molecule has 0 aliphatic carbocycles. The largest absolute Gasteiger partial charge is 0.360 e. The molecule has 3 amide bonds. The van der Waals surface area contributed by atoms with Crippen molar-refractivity contribution >= 4 is 28.8 Å². The van der Waals surface area contributed by atoms with Gasteiger partial charge in [0.15, 0.2) is 0 Å². The number of hydrogen-bond acceptors (Lipinski definition) is 4. The van der Waals surface area contributed by atoms with E-state index in [1.165, 1.54) is 10.5 Å². The molecule has 1 fully saturated rings. The van der Waals surface area contributed by atoms with Gasteiger partial charge in [-0.3, -0.25) is 24.3 Å². The number of amides is 3. The number of piperidine rings is 1. The number of carbonyl (C=O) groups excluding carboxylic acids is 3. The molecule has 2 aliphatic rings. The Labute approximate surface area is 173 Å². The smallest absolute Gasteiger partial charge is 0.261 e. The van der Waals surface area contributed by atoms with Crippen LogP contribution in [0, 0.1) is 0 Å². The molecule has 0 radical (unpaired) electrons. The van der Waals surface area contributed by atoms with E-state index in [1.54, 1.807) is 30.5 Å². The van der Waals surface area contributed by atoms with Crippen LogP contribution in [-0.2, 0) is 4.79 Å². The fourth-order valence-corrected chi connectivity index (χ4v) is 4.53. The lowest BCUT2D eigenvalue weighted by Crippen LogP contribution is -2.40. The first-order chi connectivity index (χ1) is 14.6. The molecule has 0 bridgehead atoms. The lowest BCUT2D eigenvalue weighted by molar-refractivity contribution is -0.132. The first-order valence-corrected chi connectivity index (χ1v) is 10.3. The van der Waals surface area contributed by atoms with E-state index in [9.17, 15) is 14.4 Å². The number of likely N-dealkylation sites (tertiary alicyclic amines) is 1. The summed E-state index contributed by atoms with van der Waals surface area (Å²) in [7, 11) is 0. The average Bonchev–Trinajstić information content (AvgIpc) is 3.32. The first-order valence-electron chi connectivity index (χ1n) is 10.3. The molecule has 30 heavy (non-hydrogen) atoms. The van der Waals surface area contributed by atoms with Crippen molar-refractivity contribution in [3.8, 4) is 0 Å². The second-order valence-electron chi connectivity index (χ2n) is 7.86. The van der Waals surface area contributed by atoms with Crippen LogP contribution in [0.2, 0.25) is 0 Å². The van der Waals surface area contributed by atoms with Crippen LogP contribution >= 0.6 is 0 Å². The molecule has 1 saturated heterocycles. The van der Waals surface area contributed by atoms with Crippen LogP contribution in [0.15, 0.2) is 48.8 Å². The van der Waals surface area contributed by atoms with Gasteiger partial charge in [0.1, 0.15) is 0 Å². The number of aromatic amines is 1. The topological polar surface area (TPSA) is 86.4 Å². The third-order valence-corrected chi connectivity index (χ3v) is 6.18. The number of imide groups is 1. The highest BCUT2D eigenvalue weighted by Gasteiger charge is 2.35. The predicted molar refractivity (Wildman–Crippen MR) is 111 cm³/mol. The molecule has 0 unspecified atom stereocenters. The molecule has 4 heterocycles. The van der Waals surface area contributed by atoms with Crippen molar-refractivity contribution in [1.82, 2.24) is 19.8 Å². The van der Waals surface area contributed by atoms with Gasteiger partial charge in [-0.1, -0.05) is 12.1 Å².